The van der Waals surface area contributed by atoms with Crippen molar-refractivity contribution < 1.29 is 14.1 Å². The Bertz CT molecular complexity index is 533. The maximum absolute atomic E-state index is 11.9. The summed E-state index contributed by atoms with van der Waals surface area (Å²) in [5.41, 5.74) is 0. The van der Waals surface area contributed by atoms with Crippen molar-refractivity contribution in [3.05, 3.63) is 11.7 Å². The van der Waals surface area contributed by atoms with Gasteiger partial charge in [-0.2, -0.15) is 4.98 Å². The van der Waals surface area contributed by atoms with Crippen LogP contribution in [-0.2, 0) is 22.5 Å². The third kappa shape index (κ3) is 3.15. The van der Waals surface area contributed by atoms with E-state index in [1.54, 1.807) is 0 Å². The monoisotopic (exact) mass is 308 g/mol. The van der Waals surface area contributed by atoms with Gasteiger partial charge in [-0.25, -0.2) is 0 Å². The maximum atomic E-state index is 11.9. The molecule has 2 saturated heterocycles. The molecule has 1 aromatic heterocycles. The standard InChI is InChI=1S/C15H24N4O3/c1-4-14-16-13(17-22-14)9-18(3)11-5-6-19(8-11)12-7-10(2)21-15(12)20/h10-12H,4-9H2,1-3H3/t10-,11-,12-/m1/s1. The van der Waals surface area contributed by atoms with Gasteiger partial charge in [0.25, 0.3) is 0 Å². The van der Waals surface area contributed by atoms with E-state index >= 15 is 0 Å². The van der Waals surface area contributed by atoms with E-state index in [1.165, 1.54) is 0 Å². The average molecular weight is 308 g/mol. The number of ether oxygens (including phenoxy) is 1. The van der Waals surface area contributed by atoms with Crippen molar-refractivity contribution in [2.24, 2.45) is 0 Å². The van der Waals surface area contributed by atoms with E-state index in [1.807, 2.05) is 13.8 Å². The number of esters is 1. The number of carbonyl (C=O) groups excluding carboxylic acids is 1. The minimum absolute atomic E-state index is 0.0427. The van der Waals surface area contributed by atoms with Crippen molar-refractivity contribution >= 4 is 5.97 Å². The zero-order valence-corrected chi connectivity index (χ0v) is 13.5. The summed E-state index contributed by atoms with van der Waals surface area (Å²) >= 11 is 0. The Kier molecular flexibility index (Phi) is 4.44. The molecule has 0 unspecified atom stereocenters. The number of likely N-dealkylation sites (tertiary alicyclic amines) is 1. The summed E-state index contributed by atoms with van der Waals surface area (Å²) in [6, 6.07) is 0.345. The zero-order chi connectivity index (χ0) is 15.7. The number of carbonyl (C=O) groups is 1. The molecule has 7 heteroatoms. The van der Waals surface area contributed by atoms with Gasteiger partial charge in [0, 0.05) is 32.0 Å². The average Bonchev–Trinajstić information content (AvgIpc) is 3.18. The second kappa shape index (κ2) is 6.34. The van der Waals surface area contributed by atoms with Crippen LogP contribution < -0.4 is 0 Å². The molecule has 3 rings (SSSR count). The second-order valence-electron chi connectivity index (χ2n) is 6.31. The van der Waals surface area contributed by atoms with E-state index in [9.17, 15) is 4.79 Å². The van der Waals surface area contributed by atoms with Gasteiger partial charge in [0.05, 0.1) is 6.54 Å². The minimum Gasteiger partial charge on any atom is -0.461 e. The first-order valence-electron chi connectivity index (χ1n) is 8.03. The van der Waals surface area contributed by atoms with Crippen LogP contribution in [0.2, 0.25) is 0 Å². The predicted octanol–water partition coefficient (Wildman–Crippen LogP) is 0.842. The van der Waals surface area contributed by atoms with Crippen LogP contribution in [0.1, 0.15) is 38.4 Å². The smallest absolute Gasteiger partial charge is 0.323 e. The van der Waals surface area contributed by atoms with Crippen LogP contribution >= 0.6 is 0 Å². The summed E-state index contributed by atoms with van der Waals surface area (Å²) in [4.78, 5) is 20.7. The van der Waals surface area contributed by atoms with Gasteiger partial charge in [0.1, 0.15) is 12.1 Å². The van der Waals surface area contributed by atoms with Gasteiger partial charge in [0.15, 0.2) is 5.82 Å². The van der Waals surface area contributed by atoms with E-state index in [2.05, 4.69) is 27.0 Å². The van der Waals surface area contributed by atoms with E-state index in [4.69, 9.17) is 9.26 Å². The van der Waals surface area contributed by atoms with Crippen LogP contribution in [-0.4, -0.2) is 64.2 Å². The van der Waals surface area contributed by atoms with Gasteiger partial charge in [-0.3, -0.25) is 14.6 Å². The molecule has 7 nitrogen and oxygen atoms in total. The molecule has 0 N–H and O–H groups in total. The first-order chi connectivity index (χ1) is 10.6. The van der Waals surface area contributed by atoms with Gasteiger partial charge in [0.2, 0.25) is 5.89 Å². The fraction of sp³-hybridized carbons (Fsp3) is 0.800. The number of hydrogen-bond acceptors (Lipinski definition) is 7. The molecule has 0 radical (unpaired) electrons. The number of cyclic esters (lactones) is 1. The summed E-state index contributed by atoms with van der Waals surface area (Å²) in [5.74, 6) is 1.34. The summed E-state index contributed by atoms with van der Waals surface area (Å²) in [5, 5.41) is 4.00. The van der Waals surface area contributed by atoms with Crippen LogP contribution in [0.3, 0.4) is 0 Å². The Balaban J connectivity index is 1.54. The van der Waals surface area contributed by atoms with E-state index in [0.717, 1.165) is 38.2 Å². The van der Waals surface area contributed by atoms with Gasteiger partial charge < -0.3 is 9.26 Å². The number of rotatable bonds is 5. The maximum Gasteiger partial charge on any atom is 0.323 e. The number of hydrogen-bond donors (Lipinski definition) is 0. The van der Waals surface area contributed by atoms with Gasteiger partial charge in [-0.05, 0) is 20.4 Å². The molecule has 0 bridgehead atoms. The molecular weight excluding hydrogens is 284 g/mol. The SMILES string of the molecule is CCc1nc(CN(C)[C@@H]2CCN([C@@H]3C[C@@H](C)OC3=O)C2)no1. The number of aryl methyl sites for hydroxylation is 1. The third-order valence-corrected chi connectivity index (χ3v) is 4.61. The lowest BCUT2D eigenvalue weighted by molar-refractivity contribution is -0.144. The van der Waals surface area contributed by atoms with Crippen molar-refractivity contribution in [1.82, 2.24) is 19.9 Å². The number of likely N-dealkylation sites (N-methyl/N-ethyl adjacent to an activating group) is 1. The van der Waals surface area contributed by atoms with Crippen molar-refractivity contribution in [3.63, 3.8) is 0 Å². The van der Waals surface area contributed by atoms with Crippen LogP contribution in [0, 0.1) is 0 Å². The molecule has 1 aromatic rings. The molecule has 2 fully saturated rings. The fourth-order valence-electron chi connectivity index (χ4n) is 3.29. The molecule has 0 saturated carbocycles. The summed E-state index contributed by atoms with van der Waals surface area (Å²) in [6.45, 7) is 6.46. The first-order valence-corrected chi connectivity index (χ1v) is 8.03. The van der Waals surface area contributed by atoms with Crippen LogP contribution in [0.25, 0.3) is 0 Å². The van der Waals surface area contributed by atoms with E-state index in [-0.39, 0.29) is 18.1 Å². The lowest BCUT2D eigenvalue weighted by atomic mass is 10.1. The highest BCUT2D eigenvalue weighted by atomic mass is 16.6. The molecule has 3 heterocycles. The van der Waals surface area contributed by atoms with Gasteiger partial charge in [-0.1, -0.05) is 12.1 Å². The quantitative estimate of drug-likeness (QED) is 0.746. The highest BCUT2D eigenvalue weighted by Gasteiger charge is 2.40. The normalized spacial score (nSPS) is 29.5. The van der Waals surface area contributed by atoms with Crippen molar-refractivity contribution in [3.8, 4) is 0 Å². The van der Waals surface area contributed by atoms with E-state index < -0.39 is 0 Å². The Morgan fingerprint density at radius 3 is 2.91 bits per heavy atom. The highest BCUT2D eigenvalue weighted by molar-refractivity contribution is 5.78. The lowest BCUT2D eigenvalue weighted by Crippen LogP contribution is -2.40. The predicted molar refractivity (Wildman–Crippen MR) is 79.1 cm³/mol. The van der Waals surface area contributed by atoms with Crippen molar-refractivity contribution in [1.29, 1.82) is 0 Å². The van der Waals surface area contributed by atoms with Crippen LogP contribution in [0.5, 0.6) is 0 Å². The second-order valence-corrected chi connectivity index (χ2v) is 6.31. The fourth-order valence-corrected chi connectivity index (χ4v) is 3.29. The third-order valence-electron chi connectivity index (χ3n) is 4.61. The number of nitrogens with zero attached hydrogens (tertiary/aromatic N) is 4. The molecule has 2 aliphatic heterocycles. The lowest BCUT2D eigenvalue weighted by Gasteiger charge is -2.24. The van der Waals surface area contributed by atoms with Crippen LogP contribution in [0.15, 0.2) is 4.52 Å². The molecule has 0 amide bonds. The Morgan fingerprint density at radius 2 is 2.27 bits per heavy atom. The zero-order valence-electron chi connectivity index (χ0n) is 13.5. The number of aromatic nitrogens is 2. The molecule has 0 aromatic carbocycles. The minimum atomic E-state index is -0.0680. The van der Waals surface area contributed by atoms with E-state index in [0.29, 0.717) is 18.5 Å². The Morgan fingerprint density at radius 1 is 1.45 bits per heavy atom. The van der Waals surface area contributed by atoms with Gasteiger partial charge in [-0.15, -0.1) is 0 Å². The Hall–Kier alpha value is -1.47. The molecule has 22 heavy (non-hydrogen) atoms. The summed E-state index contributed by atoms with van der Waals surface area (Å²) < 4.78 is 10.4. The molecule has 122 valence electrons. The first kappa shape index (κ1) is 15.4. The molecule has 0 aliphatic carbocycles. The van der Waals surface area contributed by atoms with Crippen LogP contribution in [0.4, 0.5) is 0 Å². The Labute approximate surface area is 130 Å². The summed E-state index contributed by atoms with van der Waals surface area (Å²) in [6.07, 6.45) is 2.66. The largest absolute Gasteiger partial charge is 0.461 e. The highest BCUT2D eigenvalue weighted by Crippen LogP contribution is 2.25. The van der Waals surface area contributed by atoms with Gasteiger partial charge >= 0.3 is 5.97 Å². The topological polar surface area (TPSA) is 71.7 Å². The molecule has 0 spiro atoms. The molecule has 2 aliphatic rings. The van der Waals surface area contributed by atoms with Crippen molar-refractivity contribution in [2.75, 3.05) is 20.1 Å². The molecular formula is C15H24N4O3. The molecule has 3 atom stereocenters. The summed E-state index contributed by atoms with van der Waals surface area (Å²) in [7, 11) is 2.08. The van der Waals surface area contributed by atoms with Crippen molar-refractivity contribution in [2.45, 2.75) is 57.8 Å².